The van der Waals surface area contributed by atoms with Crippen molar-refractivity contribution in [1.82, 2.24) is 10.2 Å². The first-order chi connectivity index (χ1) is 15.1. The summed E-state index contributed by atoms with van der Waals surface area (Å²) >= 11 is 0. The van der Waals surface area contributed by atoms with Crippen LogP contribution in [0.2, 0.25) is 0 Å². The molecule has 31 heavy (non-hydrogen) atoms. The van der Waals surface area contributed by atoms with Gasteiger partial charge in [0.15, 0.2) is 0 Å². The number of hydrogen-bond acceptors (Lipinski definition) is 2. The van der Waals surface area contributed by atoms with E-state index in [4.69, 9.17) is 0 Å². The van der Waals surface area contributed by atoms with E-state index < -0.39 is 6.04 Å². The zero-order valence-corrected chi connectivity index (χ0v) is 19.0. The molecule has 2 aromatic carbocycles. The van der Waals surface area contributed by atoms with Crippen LogP contribution in [0.1, 0.15) is 68.6 Å². The fourth-order valence-corrected chi connectivity index (χ4v) is 4.43. The van der Waals surface area contributed by atoms with Crippen molar-refractivity contribution in [3.63, 3.8) is 0 Å². The maximum atomic E-state index is 13.5. The Bertz CT molecular complexity index is 843. The summed E-state index contributed by atoms with van der Waals surface area (Å²) in [6.45, 7) is 4.53. The monoisotopic (exact) mass is 420 g/mol. The van der Waals surface area contributed by atoms with E-state index in [1.54, 1.807) is 0 Å². The van der Waals surface area contributed by atoms with Crippen molar-refractivity contribution in [2.24, 2.45) is 0 Å². The molecule has 4 nitrogen and oxygen atoms in total. The van der Waals surface area contributed by atoms with E-state index in [9.17, 15) is 9.59 Å². The van der Waals surface area contributed by atoms with Gasteiger partial charge in [0, 0.05) is 25.4 Å². The SMILES string of the molecule is CCCC(=O)N(Cc1ccccc1C)[C@@H](Cc1ccccc1)C(=O)NC1CCCCC1. The van der Waals surface area contributed by atoms with Crippen molar-refractivity contribution in [1.29, 1.82) is 0 Å². The summed E-state index contributed by atoms with van der Waals surface area (Å²) in [6.07, 6.45) is 7.38. The Kier molecular flexibility index (Phi) is 8.69. The highest BCUT2D eigenvalue weighted by molar-refractivity contribution is 5.88. The summed E-state index contributed by atoms with van der Waals surface area (Å²) in [5.41, 5.74) is 3.31. The van der Waals surface area contributed by atoms with Gasteiger partial charge in [-0.2, -0.15) is 0 Å². The second kappa shape index (κ2) is 11.7. The Morgan fingerprint density at radius 2 is 1.68 bits per heavy atom. The lowest BCUT2D eigenvalue weighted by atomic mass is 9.94. The van der Waals surface area contributed by atoms with Gasteiger partial charge in [0.1, 0.15) is 6.04 Å². The van der Waals surface area contributed by atoms with E-state index >= 15 is 0 Å². The summed E-state index contributed by atoms with van der Waals surface area (Å²) in [7, 11) is 0. The van der Waals surface area contributed by atoms with Crippen LogP contribution in [0.5, 0.6) is 0 Å². The number of nitrogens with one attached hydrogen (secondary N) is 1. The molecule has 4 heteroatoms. The lowest BCUT2D eigenvalue weighted by molar-refractivity contribution is -0.141. The van der Waals surface area contributed by atoms with E-state index in [-0.39, 0.29) is 17.9 Å². The van der Waals surface area contributed by atoms with E-state index in [1.165, 1.54) is 6.42 Å². The van der Waals surface area contributed by atoms with Gasteiger partial charge in [0.25, 0.3) is 0 Å². The predicted octanol–water partition coefficient (Wildman–Crippen LogP) is 5.18. The zero-order valence-electron chi connectivity index (χ0n) is 19.0. The molecule has 166 valence electrons. The summed E-state index contributed by atoms with van der Waals surface area (Å²) in [5.74, 6) is 0.0271. The Morgan fingerprint density at radius 3 is 2.35 bits per heavy atom. The fraction of sp³-hybridized carbons (Fsp3) is 0.481. The maximum Gasteiger partial charge on any atom is 0.243 e. The van der Waals surface area contributed by atoms with Gasteiger partial charge in [-0.15, -0.1) is 0 Å². The van der Waals surface area contributed by atoms with Crippen LogP contribution in [0.15, 0.2) is 54.6 Å². The normalized spacial score (nSPS) is 15.3. The number of hydrogen-bond donors (Lipinski definition) is 1. The second-order valence-corrected chi connectivity index (χ2v) is 8.75. The number of carbonyl (C=O) groups is 2. The minimum atomic E-state index is -0.511. The van der Waals surface area contributed by atoms with Crippen molar-refractivity contribution in [3.05, 3.63) is 71.3 Å². The minimum absolute atomic E-state index is 0.0196. The maximum absolute atomic E-state index is 13.5. The highest BCUT2D eigenvalue weighted by atomic mass is 16.2. The molecule has 3 rings (SSSR count). The molecule has 0 spiro atoms. The van der Waals surface area contributed by atoms with Crippen LogP contribution in [0.3, 0.4) is 0 Å². The highest BCUT2D eigenvalue weighted by Gasteiger charge is 2.31. The smallest absolute Gasteiger partial charge is 0.243 e. The van der Waals surface area contributed by atoms with Crippen molar-refractivity contribution in [2.75, 3.05) is 0 Å². The standard InChI is InChI=1S/C27H36N2O2/c1-3-12-26(30)29(20-23-16-11-10-13-21(23)2)25(19-22-14-6-4-7-15-22)27(31)28-24-17-8-5-9-18-24/h4,6-7,10-11,13-16,24-25H,3,5,8-9,12,17-20H2,1-2H3,(H,28,31)/t25-/m0/s1. The Hall–Kier alpha value is -2.62. The third-order valence-electron chi connectivity index (χ3n) is 6.29. The molecule has 1 aliphatic rings. The topological polar surface area (TPSA) is 49.4 Å². The largest absolute Gasteiger partial charge is 0.352 e. The van der Waals surface area contributed by atoms with Gasteiger partial charge >= 0.3 is 0 Å². The fourth-order valence-electron chi connectivity index (χ4n) is 4.43. The number of aryl methyl sites for hydroxylation is 1. The van der Waals surface area contributed by atoms with E-state index in [0.29, 0.717) is 19.4 Å². The molecular weight excluding hydrogens is 384 g/mol. The summed E-state index contributed by atoms with van der Waals surface area (Å²) in [5, 5.41) is 3.28. The Morgan fingerprint density at radius 1 is 1.00 bits per heavy atom. The summed E-state index contributed by atoms with van der Waals surface area (Å²) in [4.78, 5) is 28.6. The minimum Gasteiger partial charge on any atom is -0.352 e. The van der Waals surface area contributed by atoms with E-state index in [2.05, 4.69) is 24.4 Å². The summed E-state index contributed by atoms with van der Waals surface area (Å²) in [6, 6.07) is 17.9. The third-order valence-corrected chi connectivity index (χ3v) is 6.29. The molecule has 1 N–H and O–H groups in total. The third kappa shape index (κ3) is 6.68. The van der Waals surface area contributed by atoms with Crippen LogP contribution in [0.25, 0.3) is 0 Å². The molecule has 2 aromatic rings. The van der Waals surface area contributed by atoms with Gasteiger partial charge in [-0.05, 0) is 42.9 Å². The van der Waals surface area contributed by atoms with Gasteiger partial charge in [-0.25, -0.2) is 0 Å². The molecule has 0 aromatic heterocycles. The molecule has 1 aliphatic carbocycles. The average molecular weight is 421 g/mol. The van der Waals surface area contributed by atoms with Crippen LogP contribution in [-0.4, -0.2) is 28.8 Å². The number of nitrogens with zero attached hydrogens (tertiary/aromatic N) is 1. The van der Waals surface area contributed by atoms with E-state index in [0.717, 1.165) is 48.8 Å². The predicted molar refractivity (Wildman–Crippen MR) is 126 cm³/mol. The van der Waals surface area contributed by atoms with E-state index in [1.807, 2.05) is 54.3 Å². The lowest BCUT2D eigenvalue weighted by Crippen LogP contribution is -2.52. The second-order valence-electron chi connectivity index (χ2n) is 8.75. The summed E-state index contributed by atoms with van der Waals surface area (Å²) < 4.78 is 0. The Balaban J connectivity index is 1.89. The number of rotatable bonds is 9. The quantitative estimate of drug-likeness (QED) is 0.607. The van der Waals surface area contributed by atoms with Crippen molar-refractivity contribution < 1.29 is 9.59 Å². The van der Waals surface area contributed by atoms with Crippen molar-refractivity contribution >= 4 is 11.8 Å². The van der Waals surface area contributed by atoms with Crippen LogP contribution < -0.4 is 5.32 Å². The lowest BCUT2D eigenvalue weighted by Gasteiger charge is -2.34. The molecule has 0 saturated heterocycles. The van der Waals surface area contributed by atoms with Crippen molar-refractivity contribution in [3.8, 4) is 0 Å². The molecular formula is C27H36N2O2. The molecule has 2 amide bonds. The van der Waals surface area contributed by atoms with Gasteiger partial charge in [-0.1, -0.05) is 80.8 Å². The van der Waals surface area contributed by atoms with Gasteiger partial charge < -0.3 is 10.2 Å². The van der Waals surface area contributed by atoms with Gasteiger partial charge in [0.2, 0.25) is 11.8 Å². The molecule has 1 fully saturated rings. The average Bonchev–Trinajstić information content (AvgIpc) is 2.79. The molecule has 0 radical (unpaired) electrons. The Labute approximate surface area is 187 Å². The molecule has 1 atom stereocenters. The molecule has 0 unspecified atom stereocenters. The number of amides is 2. The van der Waals surface area contributed by atoms with Crippen molar-refractivity contribution in [2.45, 2.75) is 83.8 Å². The molecule has 0 aliphatic heterocycles. The molecule has 0 bridgehead atoms. The molecule has 1 saturated carbocycles. The number of benzene rings is 2. The van der Waals surface area contributed by atoms with Crippen LogP contribution in [0, 0.1) is 6.92 Å². The van der Waals surface area contributed by atoms with Crippen LogP contribution in [-0.2, 0) is 22.6 Å². The van der Waals surface area contributed by atoms with Crippen LogP contribution in [0.4, 0.5) is 0 Å². The zero-order chi connectivity index (χ0) is 22.1. The molecule has 0 heterocycles. The highest BCUT2D eigenvalue weighted by Crippen LogP contribution is 2.21. The van der Waals surface area contributed by atoms with Crippen LogP contribution >= 0.6 is 0 Å². The number of carbonyl (C=O) groups excluding carboxylic acids is 2. The first-order valence-electron chi connectivity index (χ1n) is 11.8. The van der Waals surface area contributed by atoms with Gasteiger partial charge in [0.05, 0.1) is 0 Å². The first-order valence-corrected chi connectivity index (χ1v) is 11.8. The first kappa shape index (κ1) is 23.1. The van der Waals surface area contributed by atoms with Gasteiger partial charge in [-0.3, -0.25) is 9.59 Å².